The van der Waals surface area contributed by atoms with E-state index in [1.165, 1.54) is 11.1 Å². The Bertz CT molecular complexity index is 2700. The van der Waals surface area contributed by atoms with Gasteiger partial charge in [0.2, 0.25) is 0 Å². The largest absolute Gasteiger partial charge is 0.493 e. The number of nitrogens with zero attached hydrogens (tertiary/aromatic N) is 6. The molecule has 2 amide bonds. The van der Waals surface area contributed by atoms with E-state index >= 15 is 0 Å². The normalized spacial score (nSPS) is 20.9. The van der Waals surface area contributed by atoms with E-state index in [0.717, 1.165) is 35.1 Å². The molecule has 3 heterocycles. The summed E-state index contributed by atoms with van der Waals surface area (Å²) in [4.78, 5) is 34.8. The molecule has 8 rings (SSSR count). The number of methoxy groups -OCH3 is 2. The van der Waals surface area contributed by atoms with Crippen molar-refractivity contribution < 1.29 is 48.4 Å². The Morgan fingerprint density at radius 3 is 1.49 bits per heavy atom. The molecule has 1 atom stereocenters. The van der Waals surface area contributed by atoms with E-state index in [4.69, 9.17) is 39.9 Å². The van der Waals surface area contributed by atoms with Gasteiger partial charge in [0.1, 0.15) is 11.2 Å². The molecule has 3 aromatic rings. The maximum Gasteiger partial charge on any atom is 0.410 e. The minimum atomic E-state index is -0.634. The number of hydrogen-bond acceptors (Lipinski definition) is 14. The molecule has 18 nitrogen and oxygen atoms in total. The zero-order valence-electron chi connectivity index (χ0n) is 44.1. The summed E-state index contributed by atoms with van der Waals surface area (Å²) in [7, 11) is 3.37. The van der Waals surface area contributed by atoms with Crippen molar-refractivity contribution in [2.75, 3.05) is 66.6 Å². The predicted octanol–water partition coefficient (Wildman–Crippen LogP) is 8.16. The molecule has 2 saturated heterocycles. The predicted molar refractivity (Wildman–Crippen MR) is 269 cm³/mol. The van der Waals surface area contributed by atoms with Crippen LogP contribution in [0.4, 0.5) is 9.59 Å². The first-order valence-electron chi connectivity index (χ1n) is 24.6. The van der Waals surface area contributed by atoms with Crippen molar-refractivity contribution in [3.63, 3.8) is 0 Å². The zero-order chi connectivity index (χ0) is 51.9. The van der Waals surface area contributed by atoms with Crippen LogP contribution in [0.15, 0.2) is 22.4 Å². The van der Waals surface area contributed by atoms with Gasteiger partial charge < -0.3 is 60.1 Å². The maximum absolute atomic E-state index is 13.3. The summed E-state index contributed by atoms with van der Waals surface area (Å²) in [6.45, 7) is 29.3. The molecule has 5 aliphatic rings. The van der Waals surface area contributed by atoms with Gasteiger partial charge in [-0.3, -0.25) is 9.80 Å². The number of hydrogen-bond donors (Lipinski definition) is 4. The molecule has 18 heteroatoms. The Kier molecular flexibility index (Phi) is 13.1. The van der Waals surface area contributed by atoms with Crippen LogP contribution in [0.5, 0.6) is 34.5 Å². The first-order chi connectivity index (χ1) is 33.2. The molecule has 3 aromatic carbocycles. The van der Waals surface area contributed by atoms with Crippen LogP contribution in [-0.2, 0) is 38.8 Å². The van der Waals surface area contributed by atoms with E-state index < -0.39 is 22.0 Å². The third kappa shape index (κ3) is 9.10. The quantitative estimate of drug-likeness (QED) is 0.0567. The molecule has 0 saturated carbocycles. The van der Waals surface area contributed by atoms with Gasteiger partial charge in [-0.25, -0.2) is 9.59 Å². The minimum Gasteiger partial charge on any atom is -0.493 e. The molecular formula is C53H74N8O10. The van der Waals surface area contributed by atoms with Crippen molar-refractivity contribution in [2.45, 2.75) is 136 Å². The van der Waals surface area contributed by atoms with Crippen LogP contribution in [0.25, 0.3) is 0 Å². The van der Waals surface area contributed by atoms with Gasteiger partial charge in [-0.2, -0.15) is 0 Å². The fourth-order valence-electron chi connectivity index (χ4n) is 12.0. The second-order valence-corrected chi connectivity index (χ2v) is 23.1. The van der Waals surface area contributed by atoms with Crippen LogP contribution in [0.2, 0.25) is 0 Å². The highest BCUT2D eigenvalue weighted by Crippen LogP contribution is 2.68. The lowest BCUT2D eigenvalue weighted by atomic mass is 9.70. The zero-order valence-corrected chi connectivity index (χ0v) is 44.1. The number of nitrogens with two attached hydrogens (primary N) is 2. The van der Waals surface area contributed by atoms with Crippen LogP contribution in [0.3, 0.4) is 0 Å². The third-order valence-electron chi connectivity index (χ3n) is 14.9. The van der Waals surface area contributed by atoms with Crippen molar-refractivity contribution in [2.24, 2.45) is 21.8 Å². The Hall–Kier alpha value is -6.14. The second kappa shape index (κ2) is 18.2. The number of fused-ring (bicyclic) bond motifs is 6. The number of piperazine rings is 2. The summed E-state index contributed by atoms with van der Waals surface area (Å²) in [5, 5.41) is 27.0. The smallest absolute Gasteiger partial charge is 0.410 e. The number of amides is 2. The molecule has 386 valence electrons. The fraction of sp³-hybridized carbons (Fsp3) is 0.585. The fourth-order valence-corrected chi connectivity index (χ4v) is 12.0. The first-order valence-corrected chi connectivity index (χ1v) is 24.6. The molecule has 2 fully saturated rings. The van der Waals surface area contributed by atoms with E-state index in [0.29, 0.717) is 111 Å². The van der Waals surface area contributed by atoms with Gasteiger partial charge in [-0.05, 0) is 125 Å². The van der Waals surface area contributed by atoms with Gasteiger partial charge in [0, 0.05) is 82.0 Å². The highest BCUT2D eigenvalue weighted by atomic mass is 16.6. The molecular weight excluding hydrogens is 909 g/mol. The van der Waals surface area contributed by atoms with Gasteiger partial charge in [-0.15, -0.1) is 0 Å². The highest BCUT2D eigenvalue weighted by molar-refractivity contribution is 6.08. The highest BCUT2D eigenvalue weighted by Gasteiger charge is 2.60. The van der Waals surface area contributed by atoms with E-state index in [-0.39, 0.29) is 40.8 Å². The minimum absolute atomic E-state index is 0.171. The van der Waals surface area contributed by atoms with Gasteiger partial charge in [0.15, 0.2) is 46.2 Å². The molecule has 71 heavy (non-hydrogen) atoms. The summed E-state index contributed by atoms with van der Waals surface area (Å²) in [5.74, 6) is 2.20. The Morgan fingerprint density at radius 2 is 1.07 bits per heavy atom. The van der Waals surface area contributed by atoms with Gasteiger partial charge in [0.25, 0.3) is 0 Å². The van der Waals surface area contributed by atoms with Crippen LogP contribution in [0.1, 0.15) is 138 Å². The van der Waals surface area contributed by atoms with Crippen LogP contribution >= 0.6 is 0 Å². The molecule has 1 unspecified atom stereocenters. The molecule has 0 bridgehead atoms. The van der Waals surface area contributed by atoms with Gasteiger partial charge >= 0.3 is 12.2 Å². The number of ether oxygens (including phenoxy) is 6. The Labute approximate surface area is 417 Å². The maximum atomic E-state index is 13.3. The SMILES string of the molecule is COc1cc2c(c(CN3CCN(C(=O)OC(C)(C)C)CC3)c1OC)C1(CC2(C)C)CC(C)(C)c2cc3c(c(CN4CCN(C(=O)OC(C)(C)C)CC4)c21)Oc1c(c(/C(N)=N/O)c(C)c(C)c1/C(N)=N/O)O3. The number of benzene rings is 3. The standard InChI is InChI=1S/C53H74N8O10/c1-29-30(2)38(46(55)57-65)44-43(37(29)45(54)56-64)68-36-24-34-40(32(42(36)69-44)26-59-17-21-61(22-18-59)48(63)71-50(6,7)8)53(28-52(34,11)12)27-51(9,10)33-23-35(66-13)41(67-14)31(39(33)53)25-58-15-19-60(20-16-58)47(62)70-49(3,4)5/h23-24,64-65H,15-22,25-28H2,1-14H3,(H2,54,56)(H2,55,57). The number of oxime groups is 2. The number of carbonyl (C=O) groups is 2. The molecule has 0 radical (unpaired) electrons. The van der Waals surface area contributed by atoms with Crippen molar-refractivity contribution >= 4 is 23.9 Å². The van der Waals surface area contributed by atoms with Crippen LogP contribution < -0.4 is 30.4 Å². The molecule has 0 aromatic heterocycles. The lowest BCUT2D eigenvalue weighted by Gasteiger charge is -2.39. The molecule has 3 aliphatic heterocycles. The van der Waals surface area contributed by atoms with Gasteiger partial charge in [-0.1, -0.05) is 38.0 Å². The topological polar surface area (TPSA) is 220 Å². The van der Waals surface area contributed by atoms with Crippen molar-refractivity contribution in [3.8, 4) is 34.5 Å². The van der Waals surface area contributed by atoms with Crippen molar-refractivity contribution in [1.29, 1.82) is 0 Å². The molecule has 2 aliphatic carbocycles. The third-order valence-corrected chi connectivity index (χ3v) is 14.9. The average molecular weight is 983 g/mol. The Balaban J connectivity index is 1.33. The average Bonchev–Trinajstić information content (AvgIpc) is 3.66. The Morgan fingerprint density at radius 1 is 0.648 bits per heavy atom. The summed E-state index contributed by atoms with van der Waals surface area (Å²) in [6, 6.07) is 4.24. The van der Waals surface area contributed by atoms with Crippen LogP contribution in [-0.4, -0.2) is 132 Å². The van der Waals surface area contributed by atoms with Crippen molar-refractivity contribution in [1.82, 2.24) is 19.6 Å². The van der Waals surface area contributed by atoms with Crippen molar-refractivity contribution in [3.05, 3.63) is 67.8 Å². The number of amidine groups is 2. The van der Waals surface area contributed by atoms with E-state index in [1.54, 1.807) is 37.9 Å². The van der Waals surface area contributed by atoms with E-state index in [2.05, 4.69) is 59.9 Å². The van der Waals surface area contributed by atoms with E-state index in [9.17, 15) is 20.0 Å². The monoisotopic (exact) mass is 983 g/mol. The number of carbonyl (C=O) groups excluding carboxylic acids is 2. The molecule has 1 spiro atoms. The molecule has 6 N–H and O–H groups in total. The number of rotatable bonds is 8. The summed E-state index contributed by atoms with van der Waals surface area (Å²) in [6.07, 6.45) is 0.820. The summed E-state index contributed by atoms with van der Waals surface area (Å²) < 4.78 is 38.3. The second-order valence-electron chi connectivity index (χ2n) is 23.1. The lowest BCUT2D eigenvalue weighted by Crippen LogP contribution is -2.50. The summed E-state index contributed by atoms with van der Waals surface area (Å²) >= 11 is 0. The van der Waals surface area contributed by atoms with Crippen LogP contribution in [0, 0.1) is 13.8 Å². The summed E-state index contributed by atoms with van der Waals surface area (Å²) in [5.41, 5.74) is 18.6. The first kappa shape index (κ1) is 51.2. The van der Waals surface area contributed by atoms with Gasteiger partial charge in [0.05, 0.1) is 25.3 Å². The lowest BCUT2D eigenvalue weighted by molar-refractivity contribution is 0.0129. The van der Waals surface area contributed by atoms with E-state index in [1.807, 2.05) is 41.5 Å².